The molecule has 1 atom stereocenters. The summed E-state index contributed by atoms with van der Waals surface area (Å²) < 4.78 is 0. The quantitative estimate of drug-likeness (QED) is 0.877. The van der Waals surface area contributed by atoms with Crippen molar-refractivity contribution in [1.29, 1.82) is 0 Å². The van der Waals surface area contributed by atoms with E-state index in [0.717, 1.165) is 11.6 Å². The van der Waals surface area contributed by atoms with Crippen LogP contribution in [0.5, 0.6) is 0 Å². The summed E-state index contributed by atoms with van der Waals surface area (Å²) in [5.41, 5.74) is 0.970. The molecule has 16 heavy (non-hydrogen) atoms. The lowest BCUT2D eigenvalue weighted by molar-refractivity contribution is 0.328. The highest BCUT2D eigenvalue weighted by molar-refractivity contribution is 6.29. The van der Waals surface area contributed by atoms with Gasteiger partial charge in [-0.05, 0) is 25.7 Å². The van der Waals surface area contributed by atoms with E-state index in [2.05, 4.69) is 22.4 Å². The minimum absolute atomic E-state index is 0.445. The lowest BCUT2D eigenvalue weighted by Crippen LogP contribution is -2.27. The lowest BCUT2D eigenvalue weighted by Gasteiger charge is -2.28. The number of hydrogen-bond acceptors (Lipinski definition) is 3. The van der Waals surface area contributed by atoms with Gasteiger partial charge in [-0.25, -0.2) is 0 Å². The Hall–Kier alpha value is -0.830. The van der Waals surface area contributed by atoms with E-state index in [9.17, 15) is 0 Å². The highest BCUT2D eigenvalue weighted by Crippen LogP contribution is 2.28. The summed E-state index contributed by atoms with van der Waals surface area (Å²) in [6, 6.07) is 2.31. The molecule has 0 amide bonds. The molecule has 1 aliphatic carbocycles. The second kappa shape index (κ2) is 5.48. The predicted molar refractivity (Wildman–Crippen MR) is 66.7 cm³/mol. The molecule has 1 fully saturated rings. The van der Waals surface area contributed by atoms with Gasteiger partial charge in [-0.1, -0.05) is 30.9 Å². The van der Waals surface area contributed by atoms with Gasteiger partial charge < -0.3 is 5.32 Å². The molecule has 1 unspecified atom stereocenters. The molecule has 0 radical (unpaired) electrons. The van der Waals surface area contributed by atoms with E-state index in [-0.39, 0.29) is 0 Å². The zero-order valence-corrected chi connectivity index (χ0v) is 10.4. The van der Waals surface area contributed by atoms with Crippen LogP contribution in [0.1, 0.15) is 39.0 Å². The minimum Gasteiger partial charge on any atom is -0.381 e. The Bertz CT molecular complexity index is 337. The average Bonchev–Trinajstić information content (AvgIpc) is 2.30. The maximum Gasteiger partial charge on any atom is 0.153 e. The monoisotopic (exact) mass is 239 g/mol. The first-order chi connectivity index (χ1) is 7.75. The van der Waals surface area contributed by atoms with E-state index >= 15 is 0 Å². The van der Waals surface area contributed by atoms with Gasteiger partial charge >= 0.3 is 0 Å². The molecule has 0 bridgehead atoms. The van der Waals surface area contributed by atoms with Crippen molar-refractivity contribution < 1.29 is 0 Å². The normalized spacial score (nSPS) is 19.4. The third-order valence-electron chi connectivity index (χ3n) is 3.38. The van der Waals surface area contributed by atoms with Crippen LogP contribution >= 0.6 is 11.6 Å². The fourth-order valence-corrected chi connectivity index (χ4v) is 2.60. The SMILES string of the molecule is CC(Nc1cnnc(Cl)c1)C1CCCCC1. The van der Waals surface area contributed by atoms with E-state index < -0.39 is 0 Å². The minimum atomic E-state index is 0.445. The molecule has 1 aromatic rings. The van der Waals surface area contributed by atoms with Crippen molar-refractivity contribution in [2.45, 2.75) is 45.1 Å². The molecule has 1 N–H and O–H groups in total. The highest BCUT2D eigenvalue weighted by atomic mass is 35.5. The van der Waals surface area contributed by atoms with E-state index in [1.165, 1.54) is 32.1 Å². The van der Waals surface area contributed by atoms with Crippen LogP contribution in [0.25, 0.3) is 0 Å². The van der Waals surface area contributed by atoms with Crippen LogP contribution in [0.3, 0.4) is 0 Å². The molecule has 0 spiro atoms. The number of halogens is 1. The molecule has 1 aromatic heterocycles. The Balaban J connectivity index is 1.93. The summed E-state index contributed by atoms with van der Waals surface area (Å²) in [4.78, 5) is 0. The van der Waals surface area contributed by atoms with Crippen molar-refractivity contribution in [3.63, 3.8) is 0 Å². The zero-order chi connectivity index (χ0) is 11.4. The number of hydrogen-bond donors (Lipinski definition) is 1. The fourth-order valence-electron chi connectivity index (χ4n) is 2.43. The molecule has 1 aliphatic rings. The fraction of sp³-hybridized carbons (Fsp3) is 0.667. The lowest BCUT2D eigenvalue weighted by atomic mass is 9.84. The van der Waals surface area contributed by atoms with Crippen molar-refractivity contribution in [3.05, 3.63) is 17.4 Å². The van der Waals surface area contributed by atoms with Gasteiger partial charge in [0.05, 0.1) is 11.9 Å². The van der Waals surface area contributed by atoms with Crippen LogP contribution in [-0.2, 0) is 0 Å². The summed E-state index contributed by atoms with van der Waals surface area (Å²) >= 11 is 5.80. The van der Waals surface area contributed by atoms with E-state index in [4.69, 9.17) is 11.6 Å². The Morgan fingerprint density at radius 3 is 2.81 bits per heavy atom. The van der Waals surface area contributed by atoms with E-state index in [0.29, 0.717) is 11.2 Å². The zero-order valence-electron chi connectivity index (χ0n) is 9.62. The van der Waals surface area contributed by atoms with Gasteiger partial charge in [-0.3, -0.25) is 0 Å². The third-order valence-corrected chi connectivity index (χ3v) is 3.56. The van der Waals surface area contributed by atoms with E-state index in [1.807, 2.05) is 6.07 Å². The topological polar surface area (TPSA) is 37.8 Å². The van der Waals surface area contributed by atoms with Crippen LogP contribution in [0.4, 0.5) is 5.69 Å². The van der Waals surface area contributed by atoms with Crippen molar-refractivity contribution in [2.24, 2.45) is 5.92 Å². The number of nitrogens with zero attached hydrogens (tertiary/aromatic N) is 2. The average molecular weight is 240 g/mol. The highest BCUT2D eigenvalue weighted by Gasteiger charge is 2.19. The number of nitrogens with one attached hydrogen (secondary N) is 1. The van der Waals surface area contributed by atoms with Crippen LogP contribution < -0.4 is 5.32 Å². The molecule has 0 saturated heterocycles. The predicted octanol–water partition coefficient (Wildman–Crippen LogP) is 3.51. The maximum absolute atomic E-state index is 5.80. The largest absolute Gasteiger partial charge is 0.381 e. The number of rotatable bonds is 3. The Kier molecular flexibility index (Phi) is 3.99. The van der Waals surface area contributed by atoms with Gasteiger partial charge in [0.25, 0.3) is 0 Å². The summed E-state index contributed by atoms with van der Waals surface area (Å²) in [6.07, 6.45) is 8.52. The van der Waals surface area contributed by atoms with Gasteiger partial charge in [0.1, 0.15) is 0 Å². The molecular formula is C12H18ClN3. The third kappa shape index (κ3) is 3.08. The number of aromatic nitrogens is 2. The maximum atomic E-state index is 5.80. The van der Waals surface area contributed by atoms with Crippen LogP contribution in [0.15, 0.2) is 12.3 Å². The first kappa shape index (κ1) is 11.6. The van der Waals surface area contributed by atoms with Crippen molar-refractivity contribution in [1.82, 2.24) is 10.2 Å². The summed E-state index contributed by atoms with van der Waals surface area (Å²) in [5, 5.41) is 11.5. The van der Waals surface area contributed by atoms with Gasteiger partial charge in [0, 0.05) is 12.1 Å². The summed E-state index contributed by atoms with van der Waals surface area (Å²) in [7, 11) is 0. The van der Waals surface area contributed by atoms with E-state index in [1.54, 1.807) is 6.20 Å². The van der Waals surface area contributed by atoms with Gasteiger partial charge in [0.15, 0.2) is 5.15 Å². The van der Waals surface area contributed by atoms with Crippen LogP contribution in [-0.4, -0.2) is 16.2 Å². The molecule has 1 heterocycles. The second-order valence-electron chi connectivity index (χ2n) is 4.60. The smallest absolute Gasteiger partial charge is 0.153 e. The Labute approximate surface area is 102 Å². The van der Waals surface area contributed by atoms with Gasteiger partial charge in [0.2, 0.25) is 0 Å². The Morgan fingerprint density at radius 1 is 1.38 bits per heavy atom. The summed E-state index contributed by atoms with van der Waals surface area (Å²) in [6.45, 7) is 2.24. The molecule has 1 saturated carbocycles. The standard InChI is InChI=1S/C12H18ClN3/c1-9(10-5-3-2-4-6-10)15-11-7-12(13)16-14-8-11/h7-10H,2-6H2,1H3,(H,15,16). The Morgan fingerprint density at radius 2 is 2.12 bits per heavy atom. The van der Waals surface area contributed by atoms with Crippen molar-refractivity contribution in [2.75, 3.05) is 5.32 Å². The van der Waals surface area contributed by atoms with Crippen LogP contribution in [0, 0.1) is 5.92 Å². The molecular weight excluding hydrogens is 222 g/mol. The van der Waals surface area contributed by atoms with Crippen LogP contribution in [0.2, 0.25) is 5.15 Å². The van der Waals surface area contributed by atoms with Gasteiger partial charge in [-0.15, -0.1) is 5.10 Å². The molecule has 3 nitrogen and oxygen atoms in total. The van der Waals surface area contributed by atoms with Crippen molar-refractivity contribution in [3.8, 4) is 0 Å². The number of anilines is 1. The van der Waals surface area contributed by atoms with Gasteiger partial charge in [-0.2, -0.15) is 5.10 Å². The molecule has 88 valence electrons. The molecule has 0 aliphatic heterocycles. The first-order valence-electron chi connectivity index (χ1n) is 6.00. The first-order valence-corrected chi connectivity index (χ1v) is 6.38. The second-order valence-corrected chi connectivity index (χ2v) is 4.99. The molecule has 2 rings (SSSR count). The molecule has 4 heteroatoms. The molecule has 0 aromatic carbocycles. The van der Waals surface area contributed by atoms with Crippen molar-refractivity contribution >= 4 is 17.3 Å². The summed E-state index contributed by atoms with van der Waals surface area (Å²) in [5.74, 6) is 0.778.